The number of aryl methyl sites for hydroxylation is 2. The number of amides is 1. The quantitative estimate of drug-likeness (QED) is 0.354. The fraction of sp³-hybridized carbons (Fsp3) is 0.192. The van der Waals surface area contributed by atoms with Gasteiger partial charge in [0.25, 0.3) is 15.9 Å². The number of benzene rings is 3. The van der Waals surface area contributed by atoms with Crippen molar-refractivity contribution in [2.24, 2.45) is 0 Å². The number of hydrogen-bond donors (Lipinski definition) is 1. The molecule has 1 aromatic heterocycles. The third-order valence-electron chi connectivity index (χ3n) is 5.76. The van der Waals surface area contributed by atoms with E-state index in [4.69, 9.17) is 0 Å². The van der Waals surface area contributed by atoms with Crippen LogP contribution in [0.5, 0.6) is 0 Å². The predicted molar refractivity (Wildman–Crippen MR) is 137 cm³/mol. The van der Waals surface area contributed by atoms with Crippen LogP contribution in [0.4, 0.5) is 11.4 Å². The zero-order valence-corrected chi connectivity index (χ0v) is 20.7. The van der Waals surface area contributed by atoms with Gasteiger partial charge >= 0.3 is 0 Å². The molecule has 0 atom stereocenters. The Morgan fingerprint density at radius 3 is 2.39 bits per heavy atom. The van der Waals surface area contributed by atoms with E-state index >= 15 is 0 Å². The summed E-state index contributed by atoms with van der Waals surface area (Å²) in [5, 5.41) is 3.83. The first-order valence-corrected chi connectivity index (χ1v) is 13.0. The van der Waals surface area contributed by atoms with Crippen LogP contribution in [0.2, 0.25) is 0 Å². The molecule has 7 heteroatoms. The second-order valence-electron chi connectivity index (χ2n) is 8.02. The molecule has 4 aromatic rings. The highest BCUT2D eigenvalue weighted by Crippen LogP contribution is 2.32. The van der Waals surface area contributed by atoms with E-state index < -0.39 is 10.0 Å². The van der Waals surface area contributed by atoms with Crippen LogP contribution in [-0.4, -0.2) is 20.9 Å². The first-order valence-electron chi connectivity index (χ1n) is 10.7. The number of sulfonamides is 1. The third kappa shape index (κ3) is 4.51. The number of thiophene rings is 1. The molecule has 0 aliphatic heterocycles. The fourth-order valence-electron chi connectivity index (χ4n) is 3.70. The van der Waals surface area contributed by atoms with Gasteiger partial charge in [-0.25, -0.2) is 8.42 Å². The molecule has 170 valence electrons. The lowest BCUT2D eigenvalue weighted by atomic mass is 10.1. The van der Waals surface area contributed by atoms with Crippen molar-refractivity contribution in [3.05, 3.63) is 88.3 Å². The van der Waals surface area contributed by atoms with E-state index in [1.54, 1.807) is 30.3 Å². The summed E-state index contributed by atoms with van der Waals surface area (Å²) in [5.41, 5.74) is 4.52. The smallest absolute Gasteiger partial charge is 0.265 e. The number of hydrogen-bond acceptors (Lipinski definition) is 4. The van der Waals surface area contributed by atoms with Crippen molar-refractivity contribution in [2.45, 2.75) is 32.6 Å². The van der Waals surface area contributed by atoms with Crippen LogP contribution in [0.15, 0.2) is 71.6 Å². The van der Waals surface area contributed by atoms with Crippen LogP contribution in [0.25, 0.3) is 10.1 Å². The van der Waals surface area contributed by atoms with Gasteiger partial charge in [-0.15, -0.1) is 11.3 Å². The highest BCUT2D eigenvalue weighted by Gasteiger charge is 2.24. The topological polar surface area (TPSA) is 66.5 Å². The van der Waals surface area contributed by atoms with Crippen molar-refractivity contribution >= 4 is 48.7 Å². The average Bonchev–Trinajstić information content (AvgIpc) is 3.21. The lowest BCUT2D eigenvalue weighted by Gasteiger charge is -2.23. The maximum absolute atomic E-state index is 13.3. The van der Waals surface area contributed by atoms with Gasteiger partial charge in [0, 0.05) is 16.9 Å². The van der Waals surface area contributed by atoms with Gasteiger partial charge < -0.3 is 5.32 Å². The van der Waals surface area contributed by atoms with Crippen LogP contribution >= 0.6 is 11.3 Å². The molecule has 0 radical (unpaired) electrons. The molecular formula is C26H26N2O3S2. The SMILES string of the molecule is CCN(c1ccc2sc(C(=O)Nc3cccc(C)c3C)cc2c1)S(=O)(=O)c1ccc(C)cc1. The molecular weight excluding hydrogens is 452 g/mol. The van der Waals surface area contributed by atoms with Gasteiger partial charge in [-0.1, -0.05) is 29.8 Å². The van der Waals surface area contributed by atoms with Crippen LogP contribution in [-0.2, 0) is 10.0 Å². The first-order chi connectivity index (χ1) is 15.7. The highest BCUT2D eigenvalue weighted by molar-refractivity contribution is 7.92. The number of fused-ring (bicyclic) bond motifs is 1. The van der Waals surface area contributed by atoms with Crippen LogP contribution in [0.1, 0.15) is 33.3 Å². The molecule has 1 N–H and O–H groups in total. The minimum absolute atomic E-state index is 0.175. The summed E-state index contributed by atoms with van der Waals surface area (Å²) in [6.07, 6.45) is 0. The Morgan fingerprint density at radius 2 is 1.70 bits per heavy atom. The van der Waals surface area contributed by atoms with Crippen molar-refractivity contribution in [1.82, 2.24) is 0 Å². The van der Waals surface area contributed by atoms with Crippen molar-refractivity contribution in [3.8, 4) is 0 Å². The van der Waals surface area contributed by atoms with E-state index in [0.29, 0.717) is 17.1 Å². The number of nitrogens with one attached hydrogen (secondary N) is 1. The van der Waals surface area contributed by atoms with Crippen LogP contribution in [0.3, 0.4) is 0 Å². The summed E-state index contributed by atoms with van der Waals surface area (Å²) in [7, 11) is -3.69. The molecule has 0 aliphatic carbocycles. The molecule has 0 spiro atoms. The maximum Gasteiger partial charge on any atom is 0.265 e. The molecule has 0 unspecified atom stereocenters. The lowest BCUT2D eigenvalue weighted by Crippen LogP contribution is -2.30. The zero-order chi connectivity index (χ0) is 23.8. The minimum Gasteiger partial charge on any atom is -0.321 e. The van der Waals surface area contributed by atoms with Gasteiger partial charge in [-0.2, -0.15) is 0 Å². The third-order valence-corrected chi connectivity index (χ3v) is 8.79. The van der Waals surface area contributed by atoms with Crippen molar-refractivity contribution in [3.63, 3.8) is 0 Å². The summed E-state index contributed by atoms with van der Waals surface area (Å²) >= 11 is 1.39. The van der Waals surface area contributed by atoms with Crippen molar-refractivity contribution < 1.29 is 13.2 Å². The second kappa shape index (κ2) is 9.00. The molecule has 0 aliphatic rings. The van der Waals surface area contributed by atoms with E-state index in [-0.39, 0.29) is 10.8 Å². The Labute approximate surface area is 198 Å². The number of rotatable bonds is 6. The van der Waals surface area contributed by atoms with Crippen molar-refractivity contribution in [1.29, 1.82) is 0 Å². The number of carbonyl (C=O) groups is 1. The van der Waals surface area contributed by atoms with Gasteiger partial charge in [-0.3, -0.25) is 9.10 Å². The average molecular weight is 479 g/mol. The van der Waals surface area contributed by atoms with E-state index in [1.807, 2.05) is 64.1 Å². The Bertz CT molecular complexity index is 1440. The molecule has 0 saturated heterocycles. The van der Waals surface area contributed by atoms with Gasteiger partial charge in [0.2, 0.25) is 0 Å². The van der Waals surface area contributed by atoms with Crippen molar-refractivity contribution in [2.75, 3.05) is 16.2 Å². The largest absolute Gasteiger partial charge is 0.321 e. The molecule has 0 bridgehead atoms. The Balaban J connectivity index is 1.65. The summed E-state index contributed by atoms with van der Waals surface area (Å²) in [6, 6.07) is 20.0. The Hall–Kier alpha value is -3.16. The molecule has 3 aromatic carbocycles. The van der Waals surface area contributed by atoms with Gasteiger partial charge in [0.05, 0.1) is 15.5 Å². The molecule has 4 rings (SSSR count). The van der Waals surface area contributed by atoms with E-state index in [2.05, 4.69) is 5.32 Å². The molecule has 1 amide bonds. The molecule has 1 heterocycles. The molecule has 0 fully saturated rings. The molecule has 0 saturated carbocycles. The summed E-state index contributed by atoms with van der Waals surface area (Å²) < 4.78 is 28.8. The van der Waals surface area contributed by atoms with Gasteiger partial charge in [0.1, 0.15) is 0 Å². The first kappa shape index (κ1) is 23.0. The second-order valence-corrected chi connectivity index (χ2v) is 11.0. The van der Waals surface area contributed by atoms with Crippen LogP contribution in [0, 0.1) is 20.8 Å². The minimum atomic E-state index is -3.69. The van der Waals surface area contributed by atoms with Crippen LogP contribution < -0.4 is 9.62 Å². The zero-order valence-electron chi connectivity index (χ0n) is 19.0. The monoisotopic (exact) mass is 478 g/mol. The number of nitrogens with zero attached hydrogens (tertiary/aromatic N) is 1. The fourth-order valence-corrected chi connectivity index (χ4v) is 6.10. The summed E-state index contributed by atoms with van der Waals surface area (Å²) in [6.45, 7) is 8.02. The van der Waals surface area contributed by atoms with Gasteiger partial charge in [-0.05, 0) is 86.7 Å². The Morgan fingerprint density at radius 1 is 0.970 bits per heavy atom. The van der Waals surface area contributed by atoms with E-state index in [9.17, 15) is 13.2 Å². The summed E-state index contributed by atoms with van der Waals surface area (Å²) in [5.74, 6) is -0.175. The molecule has 33 heavy (non-hydrogen) atoms. The Kier molecular flexibility index (Phi) is 6.28. The number of carbonyl (C=O) groups excluding carboxylic acids is 1. The predicted octanol–water partition coefficient (Wildman–Crippen LogP) is 6.29. The number of anilines is 2. The van der Waals surface area contributed by atoms with Gasteiger partial charge in [0.15, 0.2) is 0 Å². The maximum atomic E-state index is 13.3. The summed E-state index contributed by atoms with van der Waals surface area (Å²) in [4.78, 5) is 13.7. The van der Waals surface area contributed by atoms with E-state index in [1.165, 1.54) is 15.6 Å². The highest BCUT2D eigenvalue weighted by atomic mass is 32.2. The normalized spacial score (nSPS) is 11.5. The van der Waals surface area contributed by atoms with E-state index in [0.717, 1.165) is 32.5 Å². The standard InChI is InChI=1S/C26H26N2O3S2/c1-5-28(33(30,31)22-12-9-17(2)10-13-22)21-11-14-24-20(15-21)16-25(32-24)26(29)27-23-8-6-7-18(3)19(23)4/h6-16H,5H2,1-4H3,(H,27,29). The molecule has 5 nitrogen and oxygen atoms in total. The lowest BCUT2D eigenvalue weighted by molar-refractivity contribution is 0.103.